The van der Waals surface area contributed by atoms with E-state index >= 15 is 0 Å². The molecule has 1 amide bonds. The number of nitrogens with zero attached hydrogens (tertiary/aromatic N) is 2. The molecule has 0 unspecified atom stereocenters. The van der Waals surface area contributed by atoms with Gasteiger partial charge in [-0.2, -0.15) is 18.3 Å². The van der Waals surface area contributed by atoms with Crippen molar-refractivity contribution in [3.63, 3.8) is 0 Å². The van der Waals surface area contributed by atoms with Gasteiger partial charge in [-0.25, -0.2) is 14.3 Å². The first-order valence-corrected chi connectivity index (χ1v) is 14.2. The first kappa shape index (κ1) is 31.9. The SMILES string of the molecule is CCOC(=O)c1sc(NC(=O)c2nn3c(c2Cl)N[C@@H](c2ccc(OC)c(OC)c2)C[C@H]3C(F)(F)F)c(C(=O)OCC)c1C. The van der Waals surface area contributed by atoms with Crippen LogP contribution < -0.4 is 20.1 Å². The van der Waals surface area contributed by atoms with Gasteiger partial charge in [0.05, 0.1) is 39.0 Å². The van der Waals surface area contributed by atoms with Gasteiger partial charge in [0.15, 0.2) is 23.2 Å². The predicted octanol–water partition coefficient (Wildman–Crippen LogP) is 6.19. The summed E-state index contributed by atoms with van der Waals surface area (Å²) in [6, 6.07) is 1.70. The predicted molar refractivity (Wildman–Crippen MR) is 152 cm³/mol. The summed E-state index contributed by atoms with van der Waals surface area (Å²) in [5, 5.41) is 8.92. The number of benzene rings is 1. The molecule has 0 spiro atoms. The lowest BCUT2D eigenvalue weighted by molar-refractivity contribution is -0.173. The maximum absolute atomic E-state index is 14.3. The van der Waals surface area contributed by atoms with Gasteiger partial charge in [-0.15, -0.1) is 11.3 Å². The minimum atomic E-state index is -4.74. The maximum atomic E-state index is 14.3. The maximum Gasteiger partial charge on any atom is 0.410 e. The summed E-state index contributed by atoms with van der Waals surface area (Å²) in [5.74, 6) is -2.03. The van der Waals surface area contributed by atoms with Gasteiger partial charge in [0.25, 0.3) is 5.91 Å². The molecule has 0 fully saturated rings. The molecule has 16 heteroatoms. The number of fused-ring (bicyclic) bond motifs is 1. The highest BCUT2D eigenvalue weighted by molar-refractivity contribution is 7.18. The number of halogens is 4. The number of alkyl halides is 3. The van der Waals surface area contributed by atoms with Gasteiger partial charge < -0.3 is 29.6 Å². The van der Waals surface area contributed by atoms with Crippen LogP contribution in [0.2, 0.25) is 5.02 Å². The molecule has 2 atom stereocenters. The number of esters is 2. The zero-order valence-electron chi connectivity index (χ0n) is 23.7. The minimum Gasteiger partial charge on any atom is -0.493 e. The van der Waals surface area contributed by atoms with Crippen LogP contribution >= 0.6 is 22.9 Å². The second-order valence-electron chi connectivity index (χ2n) is 9.22. The van der Waals surface area contributed by atoms with Crippen molar-refractivity contribution in [1.82, 2.24) is 9.78 Å². The number of rotatable bonds is 9. The van der Waals surface area contributed by atoms with Crippen LogP contribution in [-0.4, -0.2) is 61.2 Å². The third kappa shape index (κ3) is 6.22. The molecule has 11 nitrogen and oxygen atoms in total. The zero-order chi connectivity index (χ0) is 31.6. The Morgan fingerprint density at radius 3 is 2.37 bits per heavy atom. The van der Waals surface area contributed by atoms with Gasteiger partial charge in [-0.3, -0.25) is 4.79 Å². The number of amides is 1. The summed E-state index contributed by atoms with van der Waals surface area (Å²) in [7, 11) is 2.84. The van der Waals surface area contributed by atoms with E-state index in [4.69, 9.17) is 30.5 Å². The van der Waals surface area contributed by atoms with Gasteiger partial charge in [0.1, 0.15) is 20.7 Å². The summed E-state index contributed by atoms with van der Waals surface area (Å²) in [4.78, 5) is 38.6. The molecular weight excluding hydrogens is 617 g/mol. The molecule has 0 aliphatic carbocycles. The van der Waals surface area contributed by atoms with E-state index in [1.807, 2.05) is 0 Å². The van der Waals surface area contributed by atoms with Crippen molar-refractivity contribution in [2.75, 3.05) is 38.1 Å². The van der Waals surface area contributed by atoms with E-state index in [-0.39, 0.29) is 45.1 Å². The molecule has 232 valence electrons. The second-order valence-corrected chi connectivity index (χ2v) is 10.6. The summed E-state index contributed by atoms with van der Waals surface area (Å²) in [6.07, 6.45) is -5.21. The molecule has 43 heavy (non-hydrogen) atoms. The Bertz CT molecular complexity index is 1560. The first-order chi connectivity index (χ1) is 20.4. The Morgan fingerprint density at radius 2 is 1.77 bits per heavy atom. The number of carbonyl (C=O) groups is 3. The normalized spacial score (nSPS) is 16.1. The van der Waals surface area contributed by atoms with Crippen LogP contribution in [-0.2, 0) is 9.47 Å². The van der Waals surface area contributed by atoms with E-state index in [9.17, 15) is 27.6 Å². The number of anilines is 2. The Balaban J connectivity index is 1.73. The van der Waals surface area contributed by atoms with Crippen LogP contribution in [0, 0.1) is 6.92 Å². The quantitative estimate of drug-likeness (QED) is 0.262. The monoisotopic (exact) mass is 644 g/mol. The van der Waals surface area contributed by atoms with Crippen LogP contribution in [0.3, 0.4) is 0 Å². The average Bonchev–Trinajstić information content (AvgIpc) is 3.47. The fraction of sp³-hybridized carbons (Fsp3) is 0.407. The lowest BCUT2D eigenvalue weighted by Crippen LogP contribution is -2.35. The van der Waals surface area contributed by atoms with Gasteiger partial charge in [0.2, 0.25) is 0 Å². The number of methoxy groups -OCH3 is 2. The van der Waals surface area contributed by atoms with Crippen molar-refractivity contribution < 1.29 is 46.5 Å². The number of thiophene rings is 1. The largest absolute Gasteiger partial charge is 0.493 e. The Kier molecular flexibility index (Phi) is 9.44. The van der Waals surface area contributed by atoms with E-state index < -0.39 is 48.2 Å². The molecule has 3 heterocycles. The molecule has 1 aliphatic heterocycles. The van der Waals surface area contributed by atoms with Crippen molar-refractivity contribution in [2.45, 2.75) is 45.5 Å². The van der Waals surface area contributed by atoms with Crippen LogP contribution in [0.1, 0.15) is 74.0 Å². The van der Waals surface area contributed by atoms with Gasteiger partial charge >= 0.3 is 18.1 Å². The van der Waals surface area contributed by atoms with Crippen LogP contribution in [0.15, 0.2) is 18.2 Å². The Labute approximate surface area is 253 Å². The summed E-state index contributed by atoms with van der Waals surface area (Å²) < 4.78 is 64.1. The third-order valence-electron chi connectivity index (χ3n) is 6.63. The minimum absolute atomic E-state index is 0.0155. The van der Waals surface area contributed by atoms with E-state index in [0.29, 0.717) is 21.7 Å². The number of carbonyl (C=O) groups excluding carboxylic acids is 3. The van der Waals surface area contributed by atoms with Crippen LogP contribution in [0.4, 0.5) is 24.0 Å². The molecule has 1 aliphatic rings. The molecule has 0 saturated carbocycles. The molecule has 3 aromatic rings. The Hall–Kier alpha value is -3.98. The van der Waals surface area contributed by atoms with E-state index in [1.54, 1.807) is 32.0 Å². The number of aromatic nitrogens is 2. The second kappa shape index (κ2) is 12.7. The highest BCUT2D eigenvalue weighted by Crippen LogP contribution is 2.47. The molecule has 2 N–H and O–H groups in total. The highest BCUT2D eigenvalue weighted by atomic mass is 35.5. The topological polar surface area (TPSA) is 130 Å². The summed E-state index contributed by atoms with van der Waals surface area (Å²) >= 11 is 7.24. The lowest BCUT2D eigenvalue weighted by Gasteiger charge is -2.33. The summed E-state index contributed by atoms with van der Waals surface area (Å²) in [6.45, 7) is 4.76. The average molecular weight is 645 g/mol. The molecular formula is C27H28ClF3N4O7S. The molecule has 2 aromatic heterocycles. The van der Waals surface area contributed by atoms with Crippen molar-refractivity contribution in [3.8, 4) is 11.5 Å². The van der Waals surface area contributed by atoms with Crippen molar-refractivity contribution >= 4 is 51.6 Å². The third-order valence-corrected chi connectivity index (χ3v) is 8.18. The first-order valence-electron chi connectivity index (χ1n) is 13.0. The van der Waals surface area contributed by atoms with Gasteiger partial charge in [-0.05, 0) is 44.0 Å². The lowest BCUT2D eigenvalue weighted by atomic mass is 9.96. The van der Waals surface area contributed by atoms with E-state index in [0.717, 1.165) is 11.3 Å². The number of ether oxygens (including phenoxy) is 4. The zero-order valence-corrected chi connectivity index (χ0v) is 25.3. The molecule has 4 rings (SSSR count). The molecule has 1 aromatic carbocycles. The fourth-order valence-electron chi connectivity index (χ4n) is 4.63. The Morgan fingerprint density at radius 1 is 1.12 bits per heavy atom. The van der Waals surface area contributed by atoms with E-state index in [2.05, 4.69) is 15.7 Å². The standard InChI is InChI=1S/C27H28ClF3N4O7S/c1-6-41-25(37)18-12(3)21(26(38)42-7-2)43-24(18)33-23(36)20-19(28)22-32-14(11-17(27(29,30)31)35(22)34-20)13-8-9-15(39-4)16(10-13)40-5/h8-10,14,17,32H,6-7,11H2,1-5H3,(H,33,36)/t14-,17+/m1/s1. The van der Waals surface area contributed by atoms with Gasteiger partial charge in [-0.1, -0.05) is 17.7 Å². The number of hydrogen-bond donors (Lipinski definition) is 2. The van der Waals surface area contributed by atoms with Crippen molar-refractivity contribution in [3.05, 3.63) is 50.5 Å². The van der Waals surface area contributed by atoms with Crippen LogP contribution in [0.25, 0.3) is 0 Å². The van der Waals surface area contributed by atoms with Gasteiger partial charge in [0, 0.05) is 6.42 Å². The number of hydrogen-bond acceptors (Lipinski definition) is 10. The molecule has 0 saturated heterocycles. The van der Waals surface area contributed by atoms with Crippen LogP contribution in [0.5, 0.6) is 11.5 Å². The highest BCUT2D eigenvalue weighted by Gasteiger charge is 2.48. The van der Waals surface area contributed by atoms with Crippen molar-refractivity contribution in [2.24, 2.45) is 0 Å². The number of nitrogens with one attached hydrogen (secondary N) is 2. The fourth-order valence-corrected chi connectivity index (χ4v) is 5.98. The van der Waals surface area contributed by atoms with E-state index in [1.165, 1.54) is 21.1 Å². The summed E-state index contributed by atoms with van der Waals surface area (Å²) in [5.41, 5.74) is 0.0538. The smallest absolute Gasteiger partial charge is 0.410 e. The van der Waals surface area contributed by atoms with Crippen molar-refractivity contribution in [1.29, 1.82) is 0 Å². The molecule has 0 radical (unpaired) electrons. The molecule has 0 bridgehead atoms.